The first-order chi connectivity index (χ1) is 8.92. The standard InChI is InChI=1S/C14H9N3S/c1-2-6-11-9(4-1)8-12(15-11)10-5-3-7-13-14(10)16-17-18-13/h1-8,15H. The number of aromatic amines is 1. The Morgan fingerprint density at radius 2 is 1.94 bits per heavy atom. The van der Waals surface area contributed by atoms with Crippen LogP contribution in [0, 0.1) is 0 Å². The van der Waals surface area contributed by atoms with E-state index in [1.54, 1.807) is 0 Å². The Labute approximate surface area is 107 Å². The lowest BCUT2D eigenvalue weighted by Gasteiger charge is -1.97. The molecule has 0 spiro atoms. The van der Waals surface area contributed by atoms with Crippen molar-refractivity contribution < 1.29 is 0 Å². The molecule has 0 unspecified atom stereocenters. The maximum Gasteiger partial charge on any atom is 0.115 e. The Bertz CT molecular complexity index is 811. The summed E-state index contributed by atoms with van der Waals surface area (Å²) >= 11 is 1.43. The lowest BCUT2D eigenvalue weighted by Crippen LogP contribution is -1.79. The van der Waals surface area contributed by atoms with Crippen LogP contribution in [-0.2, 0) is 0 Å². The van der Waals surface area contributed by atoms with Gasteiger partial charge in [0.15, 0.2) is 0 Å². The third-order valence-corrected chi connectivity index (χ3v) is 3.79. The summed E-state index contributed by atoms with van der Waals surface area (Å²) in [6.07, 6.45) is 0. The van der Waals surface area contributed by atoms with Gasteiger partial charge in [-0.3, -0.25) is 0 Å². The quantitative estimate of drug-likeness (QED) is 0.558. The molecule has 0 amide bonds. The molecule has 2 aromatic carbocycles. The summed E-state index contributed by atoms with van der Waals surface area (Å²) in [4.78, 5) is 3.43. The summed E-state index contributed by atoms with van der Waals surface area (Å²) in [5, 5.41) is 5.43. The van der Waals surface area contributed by atoms with Gasteiger partial charge in [0.25, 0.3) is 0 Å². The molecule has 86 valence electrons. The van der Waals surface area contributed by atoms with E-state index in [9.17, 15) is 0 Å². The lowest BCUT2D eigenvalue weighted by atomic mass is 10.1. The molecule has 0 saturated heterocycles. The highest BCUT2D eigenvalue weighted by atomic mass is 32.1. The van der Waals surface area contributed by atoms with E-state index in [1.165, 1.54) is 16.9 Å². The minimum Gasteiger partial charge on any atom is -0.354 e. The molecule has 0 aliphatic rings. The molecule has 0 atom stereocenters. The lowest BCUT2D eigenvalue weighted by molar-refractivity contribution is 1.20. The Balaban J connectivity index is 2.04. The van der Waals surface area contributed by atoms with E-state index in [4.69, 9.17) is 0 Å². The van der Waals surface area contributed by atoms with Crippen LogP contribution in [0.1, 0.15) is 0 Å². The van der Waals surface area contributed by atoms with Crippen molar-refractivity contribution in [3.05, 3.63) is 48.5 Å². The van der Waals surface area contributed by atoms with Gasteiger partial charge < -0.3 is 4.98 Å². The number of hydrogen-bond acceptors (Lipinski definition) is 3. The van der Waals surface area contributed by atoms with Gasteiger partial charge in [-0.1, -0.05) is 34.8 Å². The number of benzene rings is 2. The smallest absolute Gasteiger partial charge is 0.115 e. The molecule has 3 nitrogen and oxygen atoms in total. The van der Waals surface area contributed by atoms with Crippen molar-refractivity contribution in [3.63, 3.8) is 0 Å². The molecule has 4 rings (SSSR count). The van der Waals surface area contributed by atoms with E-state index >= 15 is 0 Å². The van der Waals surface area contributed by atoms with Crippen LogP contribution >= 0.6 is 11.5 Å². The molecule has 18 heavy (non-hydrogen) atoms. The highest BCUT2D eigenvalue weighted by Crippen LogP contribution is 2.30. The van der Waals surface area contributed by atoms with E-state index in [1.807, 2.05) is 24.3 Å². The van der Waals surface area contributed by atoms with E-state index in [0.717, 1.165) is 27.0 Å². The number of hydrogen-bond donors (Lipinski definition) is 1. The average Bonchev–Trinajstić information content (AvgIpc) is 3.04. The van der Waals surface area contributed by atoms with Crippen molar-refractivity contribution in [2.24, 2.45) is 0 Å². The van der Waals surface area contributed by atoms with Crippen molar-refractivity contribution in [2.75, 3.05) is 0 Å². The minimum absolute atomic E-state index is 0.967. The first-order valence-corrected chi connectivity index (χ1v) is 6.48. The molecule has 0 saturated carbocycles. The predicted molar refractivity (Wildman–Crippen MR) is 74.7 cm³/mol. The van der Waals surface area contributed by atoms with Crippen molar-refractivity contribution in [1.29, 1.82) is 0 Å². The molecule has 2 aromatic heterocycles. The van der Waals surface area contributed by atoms with Crippen LogP contribution in [0.25, 0.3) is 32.4 Å². The second-order valence-corrected chi connectivity index (χ2v) is 4.98. The zero-order valence-corrected chi connectivity index (χ0v) is 10.2. The van der Waals surface area contributed by atoms with E-state index in [-0.39, 0.29) is 0 Å². The van der Waals surface area contributed by atoms with Gasteiger partial charge in [0, 0.05) is 22.2 Å². The van der Waals surface area contributed by atoms with Gasteiger partial charge in [0.1, 0.15) is 5.52 Å². The zero-order chi connectivity index (χ0) is 11.9. The topological polar surface area (TPSA) is 41.6 Å². The maximum atomic E-state index is 4.21. The van der Waals surface area contributed by atoms with Gasteiger partial charge in [-0.2, -0.15) is 0 Å². The summed E-state index contributed by atoms with van der Waals surface area (Å²) in [7, 11) is 0. The summed E-state index contributed by atoms with van der Waals surface area (Å²) in [6.45, 7) is 0. The van der Waals surface area contributed by atoms with Crippen LogP contribution in [0.15, 0.2) is 48.5 Å². The second-order valence-electron chi connectivity index (χ2n) is 4.20. The van der Waals surface area contributed by atoms with E-state index in [2.05, 4.69) is 38.8 Å². The van der Waals surface area contributed by atoms with Gasteiger partial charge in [-0.15, -0.1) is 5.10 Å². The Morgan fingerprint density at radius 3 is 2.89 bits per heavy atom. The highest BCUT2D eigenvalue weighted by molar-refractivity contribution is 7.13. The van der Waals surface area contributed by atoms with Crippen LogP contribution in [0.5, 0.6) is 0 Å². The molecule has 4 heteroatoms. The van der Waals surface area contributed by atoms with Gasteiger partial charge in [0.05, 0.1) is 4.70 Å². The number of aromatic nitrogens is 3. The Hall–Kier alpha value is -2.20. The molecule has 0 bridgehead atoms. The molecule has 0 aliphatic heterocycles. The number of nitrogens with zero attached hydrogens (tertiary/aromatic N) is 2. The number of rotatable bonds is 1. The predicted octanol–water partition coefficient (Wildman–Crippen LogP) is 3.84. The molecule has 0 aliphatic carbocycles. The number of nitrogens with one attached hydrogen (secondary N) is 1. The average molecular weight is 251 g/mol. The van der Waals surface area contributed by atoms with Crippen LogP contribution in [0.2, 0.25) is 0 Å². The Morgan fingerprint density at radius 1 is 1.00 bits per heavy atom. The summed E-state index contributed by atoms with van der Waals surface area (Å²) < 4.78 is 5.14. The van der Waals surface area contributed by atoms with Crippen molar-refractivity contribution in [1.82, 2.24) is 14.6 Å². The SMILES string of the molecule is c1ccc2[nH]c(-c3cccc4snnc34)cc2c1. The third-order valence-electron chi connectivity index (χ3n) is 3.10. The van der Waals surface area contributed by atoms with Gasteiger partial charge >= 0.3 is 0 Å². The van der Waals surface area contributed by atoms with Crippen LogP contribution in [-0.4, -0.2) is 14.6 Å². The molecule has 1 N–H and O–H groups in total. The normalized spacial score (nSPS) is 11.3. The first-order valence-electron chi connectivity index (χ1n) is 5.71. The van der Waals surface area contributed by atoms with Gasteiger partial charge in [-0.05, 0) is 29.7 Å². The fourth-order valence-corrected chi connectivity index (χ4v) is 2.83. The zero-order valence-electron chi connectivity index (χ0n) is 9.42. The fraction of sp³-hybridized carbons (Fsp3) is 0. The van der Waals surface area contributed by atoms with E-state index < -0.39 is 0 Å². The number of para-hydroxylation sites is 1. The second kappa shape index (κ2) is 3.65. The largest absolute Gasteiger partial charge is 0.354 e. The van der Waals surface area contributed by atoms with Crippen molar-refractivity contribution in [3.8, 4) is 11.3 Å². The van der Waals surface area contributed by atoms with E-state index in [0.29, 0.717) is 0 Å². The van der Waals surface area contributed by atoms with Crippen molar-refractivity contribution >= 4 is 32.7 Å². The van der Waals surface area contributed by atoms with Crippen LogP contribution in [0.4, 0.5) is 0 Å². The van der Waals surface area contributed by atoms with Crippen LogP contribution < -0.4 is 0 Å². The highest BCUT2D eigenvalue weighted by Gasteiger charge is 2.09. The Kier molecular flexibility index (Phi) is 1.98. The summed E-state index contributed by atoms with van der Waals surface area (Å²) in [5.74, 6) is 0. The third kappa shape index (κ3) is 1.36. The van der Waals surface area contributed by atoms with Crippen molar-refractivity contribution in [2.45, 2.75) is 0 Å². The van der Waals surface area contributed by atoms with Crippen LogP contribution in [0.3, 0.4) is 0 Å². The summed E-state index contributed by atoms with van der Waals surface area (Å²) in [5.41, 5.74) is 4.31. The molecule has 0 radical (unpaired) electrons. The number of fused-ring (bicyclic) bond motifs is 2. The van der Waals surface area contributed by atoms with Gasteiger partial charge in [0.2, 0.25) is 0 Å². The molecular formula is C14H9N3S. The molecule has 4 aromatic rings. The summed E-state index contributed by atoms with van der Waals surface area (Å²) in [6, 6.07) is 16.6. The first kappa shape index (κ1) is 9.79. The maximum absolute atomic E-state index is 4.21. The fourth-order valence-electron chi connectivity index (χ4n) is 2.24. The monoisotopic (exact) mass is 251 g/mol. The number of H-pyrrole nitrogens is 1. The molecule has 0 fully saturated rings. The van der Waals surface area contributed by atoms with Gasteiger partial charge in [-0.25, -0.2) is 0 Å². The molecular weight excluding hydrogens is 242 g/mol. The minimum atomic E-state index is 0.967. The molecule has 2 heterocycles.